The Balaban J connectivity index is 1.51. The van der Waals surface area contributed by atoms with Crippen molar-refractivity contribution in [3.8, 4) is 16.9 Å². The van der Waals surface area contributed by atoms with E-state index in [0.717, 1.165) is 38.7 Å². The first-order chi connectivity index (χ1) is 14.9. The molecule has 1 N–H and O–H groups in total. The van der Waals surface area contributed by atoms with Gasteiger partial charge in [0.1, 0.15) is 11.9 Å². The summed E-state index contributed by atoms with van der Waals surface area (Å²) < 4.78 is 11.2. The van der Waals surface area contributed by atoms with Gasteiger partial charge < -0.3 is 14.8 Å². The van der Waals surface area contributed by atoms with Crippen molar-refractivity contribution in [3.05, 3.63) is 69.2 Å². The second-order valence-electron chi connectivity index (χ2n) is 7.62. The minimum absolute atomic E-state index is 0.0719. The number of carbonyl (C=O) groups is 2. The molecule has 2 heterocycles. The molecule has 6 nitrogen and oxygen atoms in total. The van der Waals surface area contributed by atoms with Crippen molar-refractivity contribution in [3.63, 3.8) is 0 Å². The van der Waals surface area contributed by atoms with E-state index in [4.69, 9.17) is 9.47 Å². The van der Waals surface area contributed by atoms with Gasteiger partial charge in [0.2, 0.25) is 5.91 Å². The van der Waals surface area contributed by atoms with Gasteiger partial charge in [0.15, 0.2) is 0 Å². The number of nitrogens with one attached hydrogen (secondary N) is 1. The lowest BCUT2D eigenvalue weighted by Gasteiger charge is -2.15. The predicted molar refractivity (Wildman–Crippen MR) is 120 cm³/mol. The minimum Gasteiger partial charge on any atom is -0.487 e. The van der Waals surface area contributed by atoms with Crippen molar-refractivity contribution in [2.24, 2.45) is 0 Å². The fraction of sp³-hybridized carbons (Fsp3) is 0.292. The monoisotopic (exact) mass is 436 g/mol. The van der Waals surface area contributed by atoms with E-state index >= 15 is 0 Å². The number of rotatable bonds is 6. The summed E-state index contributed by atoms with van der Waals surface area (Å²) in [6.07, 6.45) is 0.795. The van der Waals surface area contributed by atoms with E-state index in [-0.39, 0.29) is 24.4 Å². The van der Waals surface area contributed by atoms with Crippen LogP contribution in [0.1, 0.15) is 32.2 Å². The highest BCUT2D eigenvalue weighted by atomic mass is 32.1. The van der Waals surface area contributed by atoms with Crippen molar-refractivity contribution in [2.45, 2.75) is 32.8 Å². The third kappa shape index (κ3) is 4.61. The zero-order chi connectivity index (χ0) is 22.0. The van der Waals surface area contributed by atoms with Crippen LogP contribution in [0.2, 0.25) is 0 Å². The number of ether oxygens (including phenoxy) is 2. The molecule has 2 aromatic carbocycles. The zero-order valence-electron chi connectivity index (χ0n) is 17.7. The Morgan fingerprint density at radius 3 is 2.77 bits per heavy atom. The maximum Gasteiger partial charge on any atom is 0.338 e. The van der Waals surface area contributed by atoms with Crippen LogP contribution in [0.4, 0.5) is 0 Å². The van der Waals surface area contributed by atoms with Gasteiger partial charge in [0, 0.05) is 17.4 Å². The quantitative estimate of drug-likeness (QED) is 0.594. The molecule has 7 heteroatoms. The Labute approximate surface area is 185 Å². The molecular formula is C24H24N2O4S. The summed E-state index contributed by atoms with van der Waals surface area (Å²) in [5.41, 5.74) is 5.08. The number of methoxy groups -OCH3 is 1. The minimum atomic E-state index is -0.384. The van der Waals surface area contributed by atoms with Gasteiger partial charge in [0.25, 0.3) is 0 Å². The highest BCUT2D eigenvalue weighted by Gasteiger charge is 2.28. The average Bonchev–Trinajstić information content (AvgIpc) is 3.36. The van der Waals surface area contributed by atoms with Crippen LogP contribution in [-0.4, -0.2) is 36.6 Å². The number of fused-ring (bicyclic) bond motifs is 1. The van der Waals surface area contributed by atoms with E-state index in [1.165, 1.54) is 18.4 Å². The fourth-order valence-corrected chi connectivity index (χ4v) is 4.47. The number of thiazole rings is 1. The Morgan fingerprint density at radius 2 is 2.03 bits per heavy atom. The van der Waals surface area contributed by atoms with Gasteiger partial charge in [-0.15, -0.1) is 11.3 Å². The summed E-state index contributed by atoms with van der Waals surface area (Å²) in [4.78, 5) is 28.9. The summed E-state index contributed by atoms with van der Waals surface area (Å²) in [7, 11) is 1.38. The molecule has 1 aliphatic rings. The predicted octanol–water partition coefficient (Wildman–Crippen LogP) is 3.88. The van der Waals surface area contributed by atoms with Gasteiger partial charge in [-0.1, -0.05) is 24.3 Å². The molecular weight excluding hydrogens is 412 g/mol. The molecule has 0 spiro atoms. The van der Waals surface area contributed by atoms with Crippen LogP contribution in [-0.2, 0) is 22.4 Å². The molecule has 31 heavy (non-hydrogen) atoms. The van der Waals surface area contributed by atoms with Crippen LogP contribution in [0.3, 0.4) is 0 Å². The molecule has 4 rings (SSSR count). The van der Waals surface area contributed by atoms with Gasteiger partial charge >= 0.3 is 5.97 Å². The highest BCUT2D eigenvalue weighted by molar-refractivity contribution is 7.09. The maximum absolute atomic E-state index is 12.3. The molecule has 0 bridgehead atoms. The maximum atomic E-state index is 12.3. The first-order valence-corrected chi connectivity index (χ1v) is 11.0. The standard InChI is InChI=1S/C24H24N2O4S/c1-14-8-16-10-18(12-25-22(27)11-17-13-31-15(2)26-17)30-23(16)21(9-14)19-6-4-5-7-20(19)24(28)29-3/h4-9,13,18H,10-12H2,1-3H3,(H,25,27). The Kier molecular flexibility index (Phi) is 6.04. The molecule has 1 amide bonds. The number of nitrogens with zero attached hydrogens (tertiary/aromatic N) is 1. The molecule has 1 aliphatic heterocycles. The molecule has 1 atom stereocenters. The van der Waals surface area contributed by atoms with Crippen molar-refractivity contribution >= 4 is 23.2 Å². The van der Waals surface area contributed by atoms with Crippen LogP contribution in [0.5, 0.6) is 5.75 Å². The molecule has 0 saturated heterocycles. The van der Waals surface area contributed by atoms with Gasteiger partial charge in [-0.3, -0.25) is 4.79 Å². The average molecular weight is 437 g/mol. The van der Waals surface area contributed by atoms with E-state index in [1.807, 2.05) is 43.5 Å². The number of aryl methyl sites for hydroxylation is 2. The number of aromatic nitrogens is 1. The van der Waals surface area contributed by atoms with Crippen LogP contribution in [0, 0.1) is 13.8 Å². The highest BCUT2D eigenvalue weighted by Crippen LogP contribution is 2.41. The Morgan fingerprint density at radius 1 is 1.23 bits per heavy atom. The van der Waals surface area contributed by atoms with Gasteiger partial charge in [-0.05, 0) is 42.7 Å². The lowest BCUT2D eigenvalue weighted by atomic mass is 9.94. The third-order valence-electron chi connectivity index (χ3n) is 5.20. The summed E-state index contributed by atoms with van der Waals surface area (Å²) in [5.74, 6) is 0.304. The van der Waals surface area contributed by atoms with Crippen molar-refractivity contribution in [2.75, 3.05) is 13.7 Å². The third-order valence-corrected chi connectivity index (χ3v) is 6.02. The lowest BCUT2D eigenvalue weighted by molar-refractivity contribution is -0.120. The zero-order valence-corrected chi connectivity index (χ0v) is 18.5. The van der Waals surface area contributed by atoms with E-state index in [2.05, 4.69) is 16.4 Å². The lowest BCUT2D eigenvalue weighted by Crippen LogP contribution is -2.35. The number of hydrogen-bond donors (Lipinski definition) is 1. The normalized spacial score (nSPS) is 14.6. The summed E-state index contributed by atoms with van der Waals surface area (Å²) in [6, 6.07) is 11.5. The number of benzene rings is 2. The van der Waals surface area contributed by atoms with Gasteiger partial charge in [0.05, 0.1) is 36.3 Å². The molecule has 1 aromatic heterocycles. The molecule has 1 unspecified atom stereocenters. The molecule has 0 saturated carbocycles. The van der Waals surface area contributed by atoms with E-state index in [9.17, 15) is 9.59 Å². The summed E-state index contributed by atoms with van der Waals surface area (Å²) in [6.45, 7) is 4.36. The largest absolute Gasteiger partial charge is 0.487 e. The molecule has 0 radical (unpaired) electrons. The SMILES string of the molecule is COC(=O)c1ccccc1-c1cc(C)cc2c1OC(CNC(=O)Cc1csc(C)n1)C2. The molecule has 3 aromatic rings. The Hall–Kier alpha value is -3.19. The first-order valence-electron chi connectivity index (χ1n) is 10.1. The van der Waals surface area contributed by atoms with Crippen LogP contribution in [0.25, 0.3) is 11.1 Å². The van der Waals surface area contributed by atoms with E-state index in [0.29, 0.717) is 18.5 Å². The van der Waals surface area contributed by atoms with Gasteiger partial charge in [-0.25, -0.2) is 9.78 Å². The smallest absolute Gasteiger partial charge is 0.338 e. The molecule has 0 fully saturated rings. The van der Waals surface area contributed by atoms with Crippen LogP contribution in [0.15, 0.2) is 41.8 Å². The van der Waals surface area contributed by atoms with Crippen molar-refractivity contribution in [1.82, 2.24) is 10.3 Å². The summed E-state index contributed by atoms with van der Waals surface area (Å²) in [5, 5.41) is 5.82. The second kappa shape index (κ2) is 8.89. The number of esters is 1. The van der Waals surface area contributed by atoms with Gasteiger partial charge in [-0.2, -0.15) is 0 Å². The van der Waals surface area contributed by atoms with Crippen LogP contribution < -0.4 is 10.1 Å². The molecule has 160 valence electrons. The summed E-state index contributed by atoms with van der Waals surface area (Å²) >= 11 is 1.54. The van der Waals surface area contributed by atoms with Crippen molar-refractivity contribution in [1.29, 1.82) is 0 Å². The second-order valence-corrected chi connectivity index (χ2v) is 8.68. The van der Waals surface area contributed by atoms with Crippen molar-refractivity contribution < 1.29 is 19.1 Å². The topological polar surface area (TPSA) is 77.5 Å². The number of hydrogen-bond acceptors (Lipinski definition) is 6. The van der Waals surface area contributed by atoms with E-state index < -0.39 is 0 Å². The number of amides is 1. The Bertz CT molecular complexity index is 1140. The van der Waals surface area contributed by atoms with E-state index in [1.54, 1.807) is 6.07 Å². The van der Waals surface area contributed by atoms with Crippen LogP contribution >= 0.6 is 11.3 Å². The first kappa shape index (κ1) is 21.1. The fourth-order valence-electron chi connectivity index (χ4n) is 3.86. The molecule has 0 aliphatic carbocycles. The number of carbonyl (C=O) groups excluding carboxylic acids is 2.